The lowest BCUT2D eigenvalue weighted by Gasteiger charge is -2.44. The average molecular weight is 997 g/mol. The molecule has 0 radical (unpaired) electrons. The Morgan fingerprint density at radius 2 is 0.559 bits per heavy atom. The minimum Gasteiger partial charge on any atom is -0.207 e. The lowest BCUT2D eigenvalue weighted by molar-refractivity contribution is 0.378. The molecule has 0 aliphatic heterocycles. The van der Waals surface area contributed by atoms with Gasteiger partial charge in [0.15, 0.2) is 89.5 Å². The second kappa shape index (κ2) is 18.9. The summed E-state index contributed by atoms with van der Waals surface area (Å²) in [4.78, 5) is 1.66. The van der Waals surface area contributed by atoms with Crippen molar-refractivity contribution < 1.29 is 92.0 Å². The molecule has 0 fully saturated rings. The number of hydrogen-bond acceptors (Lipinski definition) is 2. The fourth-order valence-corrected chi connectivity index (χ4v) is 9.83. The van der Waals surface area contributed by atoms with Crippen molar-refractivity contribution in [1.29, 1.82) is 5.26 Å². The van der Waals surface area contributed by atoms with Crippen LogP contribution in [0, 0.1) is 128 Å². The highest BCUT2D eigenvalue weighted by Crippen LogP contribution is 2.34. The molecule has 352 valence electrons. The van der Waals surface area contributed by atoms with Crippen LogP contribution in [0.2, 0.25) is 0 Å². The first-order valence-corrected chi connectivity index (χ1v) is 20.0. The predicted molar refractivity (Wildman–Crippen MR) is 202 cm³/mol. The molecular formula is C44H16BF20NOS. The summed E-state index contributed by atoms with van der Waals surface area (Å²) >= 11 is 0. The first kappa shape index (κ1) is 50.3. The number of hydrogen-bond donors (Lipinski definition) is 0. The van der Waals surface area contributed by atoms with Gasteiger partial charge in [-0.15, -0.1) is 21.9 Å². The van der Waals surface area contributed by atoms with Crippen molar-refractivity contribution in [2.24, 2.45) is 0 Å². The fourth-order valence-electron chi connectivity index (χ4n) is 7.37. The maximum Gasteiger partial charge on any atom is 0.200 e. The molecule has 0 bridgehead atoms. The van der Waals surface area contributed by atoms with Gasteiger partial charge in [0.1, 0.15) is 58.4 Å². The number of nitrogens with zero attached hydrogens (tertiary/aromatic N) is 1. The SMILES string of the molecule is Fc1c(F)c(F)c([B-](c2c(F)c(F)c(F)c(F)c2F)(c2c(F)c(F)c(F)c(F)c2F)c2c(F)c(F)c(F)c(F)c2F)c(F)c1F.N#Cc1ccc(C[S+](=O)(c2ccccc2)c2ccccc2)cc1. The van der Waals surface area contributed by atoms with Gasteiger partial charge in [-0.05, 0) is 36.4 Å². The van der Waals surface area contributed by atoms with Gasteiger partial charge in [0.25, 0.3) is 0 Å². The third-order valence-electron chi connectivity index (χ3n) is 10.4. The van der Waals surface area contributed by atoms with Crippen molar-refractivity contribution in [3.8, 4) is 6.07 Å². The standard InChI is InChI=1S/C24BF20.C20H16NOS/c26-5-1(6(27)14(35)21(42)13(5)34)25(2-7(28)15(36)22(43)16(37)8(2)29,3-9(30)17(38)23(44)18(39)10(3)31)4-11(32)19(40)24(45)20(41)12(4)33;21-15-17-11-13-18(14-12-17)16-23(22,19-7-3-1-4-8-19)20-9-5-2-6-10-20/h;1-14H,16H2/q-1;+1. The van der Waals surface area contributed by atoms with Crippen molar-refractivity contribution >= 4 is 37.9 Å². The van der Waals surface area contributed by atoms with E-state index in [1.54, 1.807) is 12.1 Å². The van der Waals surface area contributed by atoms with Crippen LogP contribution in [0.3, 0.4) is 0 Å². The maximum absolute atomic E-state index is 15.4. The zero-order valence-electron chi connectivity index (χ0n) is 32.7. The van der Waals surface area contributed by atoms with E-state index in [0.29, 0.717) is 11.3 Å². The van der Waals surface area contributed by atoms with Gasteiger partial charge in [-0.2, -0.15) is 5.26 Å². The second-order valence-electron chi connectivity index (χ2n) is 14.1. The summed E-state index contributed by atoms with van der Waals surface area (Å²) in [7, 11) is -2.40. The van der Waals surface area contributed by atoms with E-state index >= 15 is 35.1 Å². The van der Waals surface area contributed by atoms with E-state index in [1.807, 2.05) is 72.8 Å². The van der Waals surface area contributed by atoms with Crippen molar-refractivity contribution in [2.45, 2.75) is 15.5 Å². The minimum absolute atomic E-state index is 0.423. The molecule has 68 heavy (non-hydrogen) atoms. The zero-order chi connectivity index (χ0) is 50.5. The Bertz CT molecular complexity index is 2820. The van der Waals surface area contributed by atoms with Crippen molar-refractivity contribution in [3.05, 3.63) is 212 Å². The van der Waals surface area contributed by atoms with Crippen LogP contribution in [0.4, 0.5) is 87.8 Å². The Kier molecular flexibility index (Phi) is 13.9. The van der Waals surface area contributed by atoms with Gasteiger partial charge in [-0.1, -0.05) is 52.7 Å². The molecule has 0 saturated heterocycles. The molecule has 0 aromatic heterocycles. The third kappa shape index (κ3) is 7.90. The van der Waals surface area contributed by atoms with E-state index in [4.69, 9.17) is 5.26 Å². The molecule has 0 heterocycles. The van der Waals surface area contributed by atoms with E-state index in [9.17, 15) is 56.9 Å². The van der Waals surface area contributed by atoms with Gasteiger partial charge in [-0.3, -0.25) is 0 Å². The highest BCUT2D eigenvalue weighted by molar-refractivity contribution is 8.02. The Hall–Kier alpha value is -7.16. The van der Waals surface area contributed by atoms with Crippen LogP contribution in [0.25, 0.3) is 0 Å². The van der Waals surface area contributed by atoms with E-state index < -0.39 is 154 Å². The Morgan fingerprint density at radius 1 is 0.338 bits per heavy atom. The lowest BCUT2D eigenvalue weighted by Crippen LogP contribution is -2.81. The Labute approximate surface area is 368 Å². The van der Waals surface area contributed by atoms with E-state index in [2.05, 4.69) is 6.07 Å². The van der Waals surface area contributed by atoms with E-state index in [0.717, 1.165) is 15.4 Å². The molecule has 0 unspecified atom stereocenters. The van der Waals surface area contributed by atoms with Crippen LogP contribution >= 0.6 is 0 Å². The zero-order valence-corrected chi connectivity index (χ0v) is 33.5. The van der Waals surface area contributed by atoms with Gasteiger partial charge in [0.2, 0.25) is 0 Å². The largest absolute Gasteiger partial charge is 0.207 e. The highest BCUT2D eigenvalue weighted by Gasteiger charge is 2.52. The second-order valence-corrected chi connectivity index (χ2v) is 16.6. The van der Waals surface area contributed by atoms with Gasteiger partial charge in [0, 0.05) is 5.56 Å². The molecular weight excluding hydrogens is 981 g/mol. The monoisotopic (exact) mass is 997 g/mol. The molecule has 7 aromatic carbocycles. The number of halogens is 20. The van der Waals surface area contributed by atoms with Crippen LogP contribution in [0.15, 0.2) is 94.7 Å². The molecule has 0 N–H and O–H groups in total. The summed E-state index contributed by atoms with van der Waals surface area (Å²) in [6.45, 7) is 0. The van der Waals surface area contributed by atoms with Crippen molar-refractivity contribution in [1.82, 2.24) is 0 Å². The quantitative estimate of drug-likeness (QED) is 0.0501. The molecule has 24 heteroatoms. The summed E-state index contributed by atoms with van der Waals surface area (Å²) in [5.41, 5.74) is -12.8. The molecule has 0 spiro atoms. The number of nitriles is 1. The number of benzene rings is 7. The summed E-state index contributed by atoms with van der Waals surface area (Å²) in [5.74, 6) is -71.0. The third-order valence-corrected chi connectivity index (χ3v) is 13.2. The molecule has 0 aliphatic carbocycles. The lowest BCUT2D eigenvalue weighted by atomic mass is 9.12. The Balaban J connectivity index is 0.000000276. The predicted octanol–water partition coefficient (Wildman–Crippen LogP) is 10.5. The molecule has 0 aliphatic rings. The van der Waals surface area contributed by atoms with Gasteiger partial charge in [0.05, 0.1) is 11.6 Å². The van der Waals surface area contributed by atoms with Crippen molar-refractivity contribution in [3.63, 3.8) is 0 Å². The van der Waals surface area contributed by atoms with Crippen LogP contribution in [0.5, 0.6) is 0 Å². The topological polar surface area (TPSA) is 40.9 Å². The van der Waals surface area contributed by atoms with Gasteiger partial charge in [-0.25, -0.2) is 87.8 Å². The summed E-state index contributed by atoms with van der Waals surface area (Å²) in [6.07, 6.45) is -7.22. The molecule has 0 amide bonds. The molecule has 7 aromatic rings. The minimum atomic E-state index is -7.22. The average Bonchev–Trinajstić information content (AvgIpc) is 3.34. The van der Waals surface area contributed by atoms with Crippen LogP contribution in [-0.4, -0.2) is 6.15 Å². The highest BCUT2D eigenvalue weighted by atomic mass is 32.2. The van der Waals surface area contributed by atoms with E-state index in [1.165, 1.54) is 0 Å². The van der Waals surface area contributed by atoms with Crippen molar-refractivity contribution in [2.75, 3.05) is 0 Å². The molecule has 2 nitrogen and oxygen atoms in total. The van der Waals surface area contributed by atoms with Crippen LogP contribution in [0.1, 0.15) is 11.1 Å². The summed E-state index contributed by atoms with van der Waals surface area (Å²) in [5, 5.41) is 8.91. The smallest absolute Gasteiger partial charge is 0.200 e. The van der Waals surface area contributed by atoms with Crippen LogP contribution < -0.4 is 21.9 Å². The summed E-state index contributed by atoms with van der Waals surface area (Å²) in [6, 6.07) is 28.6. The van der Waals surface area contributed by atoms with Gasteiger partial charge >= 0.3 is 0 Å². The van der Waals surface area contributed by atoms with E-state index in [-0.39, 0.29) is 0 Å². The first-order chi connectivity index (χ1) is 31.9. The van der Waals surface area contributed by atoms with Gasteiger partial charge < -0.3 is 0 Å². The normalized spacial score (nSPS) is 11.6. The maximum atomic E-state index is 15.4. The first-order valence-electron chi connectivity index (χ1n) is 18.3. The molecule has 0 saturated carbocycles. The van der Waals surface area contributed by atoms with Crippen LogP contribution in [-0.2, 0) is 19.9 Å². The Morgan fingerprint density at radius 3 is 0.779 bits per heavy atom. The molecule has 0 atom stereocenters. The number of rotatable bonds is 8. The fraction of sp³-hybridized carbons (Fsp3) is 0.0227. The molecule has 7 rings (SSSR count). The summed E-state index contributed by atoms with van der Waals surface area (Å²) < 4.78 is 308.